The van der Waals surface area contributed by atoms with Gasteiger partial charge in [-0.2, -0.15) is 0 Å². The summed E-state index contributed by atoms with van der Waals surface area (Å²) in [6, 6.07) is 0. The van der Waals surface area contributed by atoms with Crippen molar-refractivity contribution in [3.8, 4) is 0 Å². The molecule has 2 atom stereocenters. The zero-order valence-corrected chi connectivity index (χ0v) is 10.1. The molecular formula is C12H18O5. The van der Waals surface area contributed by atoms with Gasteiger partial charge in [-0.15, -0.1) is 0 Å². The molecule has 0 amide bonds. The summed E-state index contributed by atoms with van der Waals surface area (Å²) in [5, 5.41) is 9.10. The minimum absolute atomic E-state index is 0.289. The lowest BCUT2D eigenvalue weighted by Crippen LogP contribution is -2.28. The molecule has 1 saturated heterocycles. The Bertz CT molecular complexity index is 319. The van der Waals surface area contributed by atoms with E-state index < -0.39 is 24.1 Å². The molecule has 0 aromatic carbocycles. The van der Waals surface area contributed by atoms with Crippen LogP contribution < -0.4 is 0 Å². The van der Waals surface area contributed by atoms with Crippen LogP contribution in [-0.2, 0) is 19.1 Å². The van der Waals surface area contributed by atoms with Crippen molar-refractivity contribution in [1.82, 2.24) is 0 Å². The molecule has 5 nitrogen and oxygen atoms in total. The molecule has 1 fully saturated rings. The fourth-order valence-corrected chi connectivity index (χ4v) is 1.57. The Labute approximate surface area is 100 Å². The number of carbonyl (C=O) groups excluding carboxylic acids is 2. The van der Waals surface area contributed by atoms with Gasteiger partial charge in [0.1, 0.15) is 0 Å². The molecule has 0 aromatic heterocycles. The number of aliphatic hydroxyl groups excluding tert-OH is 1. The van der Waals surface area contributed by atoms with Crippen LogP contribution in [0.4, 0.5) is 0 Å². The van der Waals surface area contributed by atoms with E-state index in [0.717, 1.165) is 12.8 Å². The normalized spacial score (nSPS) is 23.6. The van der Waals surface area contributed by atoms with Gasteiger partial charge in [-0.1, -0.05) is 0 Å². The third-order valence-electron chi connectivity index (χ3n) is 2.43. The van der Waals surface area contributed by atoms with Crippen LogP contribution in [0.5, 0.6) is 0 Å². The van der Waals surface area contributed by atoms with E-state index in [0.29, 0.717) is 13.0 Å². The number of hydrogen-bond donors (Lipinski definition) is 1. The molecular weight excluding hydrogens is 224 g/mol. The van der Waals surface area contributed by atoms with Gasteiger partial charge >= 0.3 is 11.9 Å². The summed E-state index contributed by atoms with van der Waals surface area (Å²) in [4.78, 5) is 23.0. The average Bonchev–Trinajstić information content (AvgIpc) is 2.43. The monoisotopic (exact) mass is 242 g/mol. The van der Waals surface area contributed by atoms with Gasteiger partial charge < -0.3 is 14.6 Å². The molecule has 5 heteroatoms. The molecule has 1 aliphatic heterocycles. The summed E-state index contributed by atoms with van der Waals surface area (Å²) in [5.74, 6) is -1.07. The predicted octanol–water partition coefficient (Wildman–Crippen LogP) is 0.952. The van der Waals surface area contributed by atoms with Crippen LogP contribution in [0.3, 0.4) is 0 Å². The lowest BCUT2D eigenvalue weighted by molar-refractivity contribution is -0.164. The van der Waals surface area contributed by atoms with E-state index in [-0.39, 0.29) is 5.57 Å². The molecule has 1 aliphatic rings. The van der Waals surface area contributed by atoms with E-state index in [9.17, 15) is 9.59 Å². The Kier molecular flexibility index (Phi) is 5.15. The van der Waals surface area contributed by atoms with Crippen LogP contribution in [0, 0.1) is 0 Å². The van der Waals surface area contributed by atoms with E-state index >= 15 is 0 Å². The Morgan fingerprint density at radius 3 is 2.94 bits per heavy atom. The van der Waals surface area contributed by atoms with Crippen LogP contribution >= 0.6 is 0 Å². The largest absolute Gasteiger partial charge is 0.463 e. The first kappa shape index (κ1) is 13.7. The third-order valence-corrected chi connectivity index (χ3v) is 2.43. The summed E-state index contributed by atoms with van der Waals surface area (Å²) in [6.07, 6.45) is 1.92. The van der Waals surface area contributed by atoms with Crippen LogP contribution in [-0.4, -0.2) is 35.9 Å². The summed E-state index contributed by atoms with van der Waals surface area (Å²) in [6.45, 7) is 3.46. The molecule has 0 aliphatic carbocycles. The number of hydrogen-bond acceptors (Lipinski definition) is 5. The van der Waals surface area contributed by atoms with Gasteiger partial charge in [0.05, 0.1) is 12.7 Å². The van der Waals surface area contributed by atoms with Gasteiger partial charge in [0.25, 0.3) is 0 Å². The van der Waals surface area contributed by atoms with E-state index in [2.05, 4.69) is 0 Å². The van der Waals surface area contributed by atoms with Gasteiger partial charge in [0.15, 0.2) is 6.10 Å². The maximum atomic E-state index is 11.6. The van der Waals surface area contributed by atoms with Crippen LogP contribution in [0.25, 0.3) is 0 Å². The number of esters is 2. The van der Waals surface area contributed by atoms with Crippen molar-refractivity contribution in [3.05, 3.63) is 11.6 Å². The number of aliphatic hydroxyl groups is 1. The van der Waals surface area contributed by atoms with Crippen molar-refractivity contribution in [1.29, 1.82) is 0 Å². The SMILES string of the molecule is C/C(=C\C(C)O)C(=O)OC1CCCCOC1=O. The Morgan fingerprint density at radius 2 is 2.29 bits per heavy atom. The van der Waals surface area contributed by atoms with Gasteiger partial charge in [-0.05, 0) is 39.2 Å². The molecule has 96 valence electrons. The Morgan fingerprint density at radius 1 is 1.59 bits per heavy atom. The average molecular weight is 242 g/mol. The molecule has 0 aromatic rings. The van der Waals surface area contributed by atoms with Crippen molar-refractivity contribution in [2.45, 2.75) is 45.3 Å². The Hall–Kier alpha value is -1.36. The summed E-state index contributed by atoms with van der Waals surface area (Å²) >= 11 is 0. The summed E-state index contributed by atoms with van der Waals surface area (Å²) in [7, 11) is 0. The van der Waals surface area contributed by atoms with Crippen molar-refractivity contribution in [2.75, 3.05) is 6.61 Å². The lowest BCUT2D eigenvalue weighted by atomic mass is 10.2. The lowest BCUT2D eigenvalue weighted by Gasteiger charge is -2.13. The second kappa shape index (κ2) is 6.39. The molecule has 1 heterocycles. The zero-order valence-electron chi connectivity index (χ0n) is 10.1. The second-order valence-corrected chi connectivity index (χ2v) is 4.15. The number of rotatable bonds is 3. The van der Waals surface area contributed by atoms with E-state index in [4.69, 9.17) is 14.6 Å². The second-order valence-electron chi connectivity index (χ2n) is 4.15. The first-order valence-corrected chi connectivity index (χ1v) is 5.75. The first-order chi connectivity index (χ1) is 8.00. The maximum absolute atomic E-state index is 11.6. The topological polar surface area (TPSA) is 72.8 Å². The summed E-state index contributed by atoms with van der Waals surface area (Å²) < 4.78 is 9.95. The van der Waals surface area contributed by atoms with Crippen molar-refractivity contribution in [3.63, 3.8) is 0 Å². The molecule has 17 heavy (non-hydrogen) atoms. The van der Waals surface area contributed by atoms with E-state index in [1.165, 1.54) is 19.9 Å². The summed E-state index contributed by atoms with van der Waals surface area (Å²) in [5.41, 5.74) is 0.289. The molecule has 0 radical (unpaired) electrons. The quantitative estimate of drug-likeness (QED) is 0.589. The molecule has 2 unspecified atom stereocenters. The Balaban J connectivity index is 2.57. The van der Waals surface area contributed by atoms with Crippen molar-refractivity contribution in [2.24, 2.45) is 0 Å². The van der Waals surface area contributed by atoms with E-state index in [1.54, 1.807) is 0 Å². The minimum Gasteiger partial charge on any atom is -0.463 e. The molecule has 0 spiro atoms. The standard InChI is InChI=1S/C12H18O5/c1-8(7-9(2)13)11(14)17-10-5-3-4-6-16-12(10)15/h7,9-10,13H,3-6H2,1-2H3/b8-7+. The van der Waals surface area contributed by atoms with Crippen LogP contribution in [0.2, 0.25) is 0 Å². The smallest absolute Gasteiger partial charge is 0.347 e. The highest BCUT2D eigenvalue weighted by atomic mass is 16.6. The third kappa shape index (κ3) is 4.56. The van der Waals surface area contributed by atoms with Crippen LogP contribution in [0.15, 0.2) is 11.6 Å². The zero-order chi connectivity index (χ0) is 12.8. The minimum atomic E-state index is -0.817. The molecule has 0 bridgehead atoms. The fraction of sp³-hybridized carbons (Fsp3) is 0.667. The van der Waals surface area contributed by atoms with E-state index in [1.807, 2.05) is 0 Å². The van der Waals surface area contributed by atoms with Gasteiger partial charge in [0.2, 0.25) is 0 Å². The number of cyclic esters (lactones) is 1. The molecule has 0 saturated carbocycles. The highest BCUT2D eigenvalue weighted by Gasteiger charge is 2.26. The highest BCUT2D eigenvalue weighted by molar-refractivity contribution is 5.90. The van der Waals surface area contributed by atoms with Gasteiger partial charge in [-0.3, -0.25) is 0 Å². The van der Waals surface area contributed by atoms with Gasteiger partial charge in [0, 0.05) is 5.57 Å². The van der Waals surface area contributed by atoms with Crippen molar-refractivity contribution < 1.29 is 24.2 Å². The first-order valence-electron chi connectivity index (χ1n) is 5.75. The fourth-order valence-electron chi connectivity index (χ4n) is 1.57. The molecule has 1 N–H and O–H groups in total. The molecule has 1 rings (SSSR count). The maximum Gasteiger partial charge on any atom is 0.347 e. The number of carbonyl (C=O) groups is 2. The van der Waals surface area contributed by atoms with Crippen LogP contribution in [0.1, 0.15) is 33.1 Å². The van der Waals surface area contributed by atoms with Gasteiger partial charge in [-0.25, -0.2) is 9.59 Å². The number of ether oxygens (including phenoxy) is 2. The predicted molar refractivity (Wildman–Crippen MR) is 60.1 cm³/mol. The van der Waals surface area contributed by atoms with Crippen molar-refractivity contribution >= 4 is 11.9 Å². The highest BCUT2D eigenvalue weighted by Crippen LogP contribution is 2.14.